The molecule has 0 aliphatic rings. The quantitative estimate of drug-likeness (QED) is 0.812. The lowest BCUT2D eigenvalue weighted by molar-refractivity contribution is -0.117. The van der Waals surface area contributed by atoms with Crippen LogP contribution in [0, 0.1) is 5.92 Å². The number of benzene rings is 1. The Kier molecular flexibility index (Phi) is 6.61. The number of halogens is 1. The van der Waals surface area contributed by atoms with E-state index in [1.54, 1.807) is 12.1 Å². The van der Waals surface area contributed by atoms with E-state index < -0.39 is 0 Å². The third-order valence-corrected chi connectivity index (χ3v) is 3.43. The molecule has 1 rings (SSSR count). The first-order valence-electron chi connectivity index (χ1n) is 6.47. The number of carbonyl (C=O) groups excluding carboxylic acids is 1. The molecule has 20 heavy (non-hydrogen) atoms. The number of nitrogens with one attached hydrogen (secondary N) is 1. The molecular weight excluding hydrogens is 280 g/mol. The zero-order chi connectivity index (χ0) is 15.1. The molecule has 0 saturated carbocycles. The van der Waals surface area contributed by atoms with E-state index in [2.05, 4.69) is 5.32 Å². The molecule has 3 N–H and O–H groups in total. The first kappa shape index (κ1) is 16.6. The normalized spacial score (nSPS) is 11.8. The molecule has 1 amide bonds. The molecule has 0 bridgehead atoms. The summed E-state index contributed by atoms with van der Waals surface area (Å²) in [7, 11) is 3.04. The Hall–Kier alpha value is -1.46. The smallest absolute Gasteiger partial charge is 0.224 e. The molecule has 0 aromatic heterocycles. The number of ether oxygens (including phenoxy) is 2. The third-order valence-electron chi connectivity index (χ3n) is 3.13. The van der Waals surface area contributed by atoms with E-state index in [4.69, 9.17) is 26.8 Å². The molecule has 1 atom stereocenters. The van der Waals surface area contributed by atoms with Crippen molar-refractivity contribution in [3.8, 4) is 11.5 Å². The SMILES string of the molecule is CCC(CN)CC(=O)Nc1cc(Cl)c(OC)cc1OC. The minimum atomic E-state index is -0.109. The summed E-state index contributed by atoms with van der Waals surface area (Å²) in [5.74, 6) is 1.06. The summed E-state index contributed by atoms with van der Waals surface area (Å²) in [6.07, 6.45) is 1.24. The predicted octanol–water partition coefficient (Wildman–Crippen LogP) is 2.67. The fourth-order valence-electron chi connectivity index (χ4n) is 1.82. The Bertz CT molecular complexity index is 462. The lowest BCUT2D eigenvalue weighted by Gasteiger charge is -2.15. The van der Waals surface area contributed by atoms with Gasteiger partial charge < -0.3 is 20.5 Å². The van der Waals surface area contributed by atoms with Gasteiger partial charge in [-0.1, -0.05) is 24.9 Å². The minimum absolute atomic E-state index is 0.109. The van der Waals surface area contributed by atoms with Crippen molar-refractivity contribution in [1.29, 1.82) is 0 Å². The first-order chi connectivity index (χ1) is 9.55. The summed E-state index contributed by atoms with van der Waals surface area (Å²) in [5.41, 5.74) is 6.12. The average molecular weight is 301 g/mol. The van der Waals surface area contributed by atoms with E-state index in [0.717, 1.165) is 6.42 Å². The fourth-order valence-corrected chi connectivity index (χ4v) is 2.06. The molecule has 0 fully saturated rings. The van der Waals surface area contributed by atoms with Crippen molar-refractivity contribution in [1.82, 2.24) is 0 Å². The Morgan fingerprint density at radius 3 is 2.50 bits per heavy atom. The number of nitrogens with two attached hydrogens (primary N) is 1. The van der Waals surface area contributed by atoms with Crippen LogP contribution in [0.15, 0.2) is 12.1 Å². The second-order valence-corrected chi connectivity index (χ2v) is 4.86. The molecule has 1 unspecified atom stereocenters. The van der Waals surface area contributed by atoms with E-state index in [1.807, 2.05) is 6.92 Å². The van der Waals surface area contributed by atoms with Gasteiger partial charge in [0.15, 0.2) is 0 Å². The summed E-state index contributed by atoms with van der Waals surface area (Å²) in [4.78, 5) is 12.0. The minimum Gasteiger partial charge on any atom is -0.495 e. The second kappa shape index (κ2) is 7.97. The Labute approximate surface area is 124 Å². The van der Waals surface area contributed by atoms with Gasteiger partial charge in [0.25, 0.3) is 0 Å². The van der Waals surface area contributed by atoms with E-state index in [-0.39, 0.29) is 11.8 Å². The molecule has 0 radical (unpaired) electrons. The van der Waals surface area contributed by atoms with Crippen LogP contribution >= 0.6 is 11.6 Å². The zero-order valence-electron chi connectivity index (χ0n) is 12.0. The van der Waals surface area contributed by atoms with Crippen LogP contribution in [0.4, 0.5) is 5.69 Å². The molecule has 1 aromatic rings. The standard InChI is InChI=1S/C14H21ClN2O3/c1-4-9(8-16)5-14(18)17-11-6-10(15)12(19-2)7-13(11)20-3/h6-7,9H,4-5,8,16H2,1-3H3,(H,17,18). The van der Waals surface area contributed by atoms with E-state index >= 15 is 0 Å². The van der Waals surface area contributed by atoms with Crippen molar-refractivity contribution in [2.45, 2.75) is 19.8 Å². The molecule has 112 valence electrons. The van der Waals surface area contributed by atoms with Crippen LogP contribution in [0.5, 0.6) is 11.5 Å². The highest BCUT2D eigenvalue weighted by molar-refractivity contribution is 6.32. The van der Waals surface area contributed by atoms with Gasteiger partial charge in [0, 0.05) is 12.5 Å². The monoisotopic (exact) mass is 300 g/mol. The summed E-state index contributed by atoms with van der Waals surface area (Å²) < 4.78 is 10.3. The summed E-state index contributed by atoms with van der Waals surface area (Å²) in [6, 6.07) is 3.25. The van der Waals surface area contributed by atoms with Gasteiger partial charge in [-0.2, -0.15) is 0 Å². The van der Waals surface area contributed by atoms with Crippen molar-refractivity contribution in [2.75, 3.05) is 26.1 Å². The van der Waals surface area contributed by atoms with Gasteiger partial charge in [-0.05, 0) is 18.5 Å². The van der Waals surface area contributed by atoms with E-state index in [9.17, 15) is 4.79 Å². The number of methoxy groups -OCH3 is 2. The van der Waals surface area contributed by atoms with E-state index in [1.165, 1.54) is 14.2 Å². The zero-order valence-corrected chi connectivity index (χ0v) is 12.8. The van der Waals surface area contributed by atoms with Gasteiger partial charge in [0.05, 0.1) is 24.9 Å². The van der Waals surface area contributed by atoms with E-state index in [0.29, 0.717) is 35.2 Å². The predicted molar refractivity (Wildman–Crippen MR) is 80.6 cm³/mol. The van der Waals surface area contributed by atoms with Crippen molar-refractivity contribution < 1.29 is 14.3 Å². The van der Waals surface area contributed by atoms with Crippen LogP contribution in [-0.2, 0) is 4.79 Å². The van der Waals surface area contributed by atoms with Crippen molar-refractivity contribution in [3.63, 3.8) is 0 Å². The lowest BCUT2D eigenvalue weighted by atomic mass is 10.0. The summed E-state index contributed by atoms with van der Waals surface area (Å²) >= 11 is 6.05. The maximum atomic E-state index is 12.0. The fraction of sp³-hybridized carbons (Fsp3) is 0.500. The highest BCUT2D eigenvalue weighted by atomic mass is 35.5. The van der Waals surface area contributed by atoms with Crippen LogP contribution < -0.4 is 20.5 Å². The Balaban J connectivity index is 2.86. The molecule has 0 saturated heterocycles. The number of hydrogen-bond acceptors (Lipinski definition) is 4. The summed E-state index contributed by atoms with van der Waals surface area (Å²) in [5, 5.41) is 3.20. The van der Waals surface area contributed by atoms with Crippen LogP contribution in [0.3, 0.4) is 0 Å². The largest absolute Gasteiger partial charge is 0.495 e. The maximum absolute atomic E-state index is 12.0. The number of carbonyl (C=O) groups is 1. The molecule has 0 heterocycles. The van der Waals surface area contributed by atoms with Gasteiger partial charge in [0.1, 0.15) is 11.5 Å². The number of anilines is 1. The van der Waals surface area contributed by atoms with Gasteiger partial charge in [-0.15, -0.1) is 0 Å². The van der Waals surface area contributed by atoms with Crippen LogP contribution in [0.25, 0.3) is 0 Å². The Morgan fingerprint density at radius 1 is 1.35 bits per heavy atom. The molecular formula is C14H21ClN2O3. The topological polar surface area (TPSA) is 73.6 Å². The molecule has 5 nitrogen and oxygen atoms in total. The number of amides is 1. The summed E-state index contributed by atoms with van der Waals surface area (Å²) in [6.45, 7) is 2.50. The lowest BCUT2D eigenvalue weighted by Crippen LogP contribution is -2.22. The molecule has 6 heteroatoms. The molecule has 1 aromatic carbocycles. The third kappa shape index (κ3) is 4.28. The van der Waals surface area contributed by atoms with Crippen LogP contribution in [-0.4, -0.2) is 26.7 Å². The van der Waals surface area contributed by atoms with Gasteiger partial charge >= 0.3 is 0 Å². The van der Waals surface area contributed by atoms with Gasteiger partial charge in [0.2, 0.25) is 5.91 Å². The van der Waals surface area contributed by atoms with Crippen LogP contribution in [0.1, 0.15) is 19.8 Å². The van der Waals surface area contributed by atoms with Crippen molar-refractivity contribution in [3.05, 3.63) is 17.2 Å². The highest BCUT2D eigenvalue weighted by Crippen LogP contribution is 2.36. The molecule has 0 aliphatic heterocycles. The highest BCUT2D eigenvalue weighted by Gasteiger charge is 2.15. The van der Waals surface area contributed by atoms with Crippen LogP contribution in [0.2, 0.25) is 5.02 Å². The van der Waals surface area contributed by atoms with Gasteiger partial charge in [-0.25, -0.2) is 0 Å². The van der Waals surface area contributed by atoms with Gasteiger partial charge in [-0.3, -0.25) is 4.79 Å². The average Bonchev–Trinajstić information content (AvgIpc) is 2.45. The molecule has 0 spiro atoms. The number of hydrogen-bond donors (Lipinski definition) is 2. The molecule has 0 aliphatic carbocycles. The van der Waals surface area contributed by atoms with Crippen molar-refractivity contribution >= 4 is 23.2 Å². The first-order valence-corrected chi connectivity index (χ1v) is 6.84. The number of rotatable bonds is 7. The van der Waals surface area contributed by atoms with Crippen molar-refractivity contribution in [2.24, 2.45) is 11.7 Å². The second-order valence-electron chi connectivity index (χ2n) is 4.45. The Morgan fingerprint density at radius 2 is 2.00 bits per heavy atom. The maximum Gasteiger partial charge on any atom is 0.224 e.